The van der Waals surface area contributed by atoms with Crippen molar-refractivity contribution in [1.82, 2.24) is 4.90 Å². The molecule has 0 aromatic heterocycles. The number of aliphatic hydroxyl groups is 1. The first-order valence-corrected chi connectivity index (χ1v) is 10.3. The molecule has 0 saturated carbocycles. The van der Waals surface area contributed by atoms with Crippen LogP contribution in [0.5, 0.6) is 28.7 Å². The highest BCUT2D eigenvalue weighted by Gasteiger charge is 2.47. The molecule has 0 fully saturated rings. The molecule has 2 aromatic carbocycles. The number of carbonyl (C=O) groups is 1. The molecule has 0 bridgehead atoms. The number of cyclic esters (lactones) is 1. The van der Waals surface area contributed by atoms with Gasteiger partial charge in [0.25, 0.3) is 0 Å². The molecule has 1 N–H and O–H groups in total. The summed E-state index contributed by atoms with van der Waals surface area (Å²) >= 11 is 0. The molecule has 2 atom stereocenters. The number of aliphatic hydroxyl groups excluding tert-OH is 1. The van der Waals surface area contributed by atoms with Gasteiger partial charge in [0.05, 0.1) is 34.0 Å². The van der Waals surface area contributed by atoms with Crippen molar-refractivity contribution in [3.63, 3.8) is 0 Å². The van der Waals surface area contributed by atoms with E-state index in [1.807, 2.05) is 13.1 Å². The molecule has 0 aliphatic carbocycles. The predicted octanol–water partition coefficient (Wildman–Crippen LogP) is 2.37. The van der Waals surface area contributed by atoms with Crippen molar-refractivity contribution in [3.05, 3.63) is 39.9 Å². The van der Waals surface area contributed by atoms with Crippen LogP contribution in [0.25, 0.3) is 0 Å². The number of hydrogen-bond donors (Lipinski definition) is 1. The fraction of sp³-hybridized carbons (Fsp3) is 0.435. The first-order valence-electron chi connectivity index (χ1n) is 10.3. The molecular weight excluding hydrogens is 418 g/mol. The molecule has 3 aliphatic heterocycles. The molecule has 170 valence electrons. The number of fused-ring (bicyclic) bond motifs is 3. The maximum Gasteiger partial charge on any atom is 0.343 e. The Bertz CT molecular complexity index is 1100. The zero-order chi connectivity index (χ0) is 22.6. The third kappa shape index (κ3) is 2.74. The number of likely N-dealkylation sites (N-methyl/N-ethyl adjacent to an activating group) is 1. The minimum atomic E-state index is -0.609. The van der Waals surface area contributed by atoms with Gasteiger partial charge in [0.15, 0.2) is 23.0 Å². The lowest BCUT2D eigenvalue weighted by Gasteiger charge is -2.39. The summed E-state index contributed by atoms with van der Waals surface area (Å²) in [5, 5.41) is 10.2. The largest absolute Gasteiger partial charge is 0.493 e. The number of nitrogens with zero attached hydrogens (tertiary/aromatic N) is 1. The van der Waals surface area contributed by atoms with E-state index in [1.54, 1.807) is 13.2 Å². The van der Waals surface area contributed by atoms with Gasteiger partial charge in [-0.25, -0.2) is 4.79 Å². The van der Waals surface area contributed by atoms with Crippen LogP contribution in [-0.2, 0) is 17.8 Å². The van der Waals surface area contributed by atoms with Gasteiger partial charge in [-0.1, -0.05) is 6.07 Å². The maximum atomic E-state index is 13.0. The molecule has 0 unspecified atom stereocenters. The third-order valence-corrected chi connectivity index (χ3v) is 6.48. The molecular formula is C23H25NO8. The molecule has 9 nitrogen and oxygen atoms in total. The van der Waals surface area contributed by atoms with E-state index >= 15 is 0 Å². The predicted molar refractivity (Wildman–Crippen MR) is 112 cm³/mol. The Morgan fingerprint density at radius 1 is 1.09 bits per heavy atom. The highest BCUT2D eigenvalue weighted by atomic mass is 16.7. The van der Waals surface area contributed by atoms with E-state index in [0.29, 0.717) is 58.4 Å². The van der Waals surface area contributed by atoms with E-state index in [4.69, 9.17) is 28.4 Å². The summed E-state index contributed by atoms with van der Waals surface area (Å²) < 4.78 is 33.9. The van der Waals surface area contributed by atoms with Crippen molar-refractivity contribution < 1.29 is 38.3 Å². The van der Waals surface area contributed by atoms with E-state index in [-0.39, 0.29) is 19.4 Å². The van der Waals surface area contributed by atoms with Gasteiger partial charge in [-0.05, 0) is 25.1 Å². The Morgan fingerprint density at radius 2 is 1.84 bits per heavy atom. The third-order valence-electron chi connectivity index (χ3n) is 6.48. The Hall–Kier alpha value is -3.17. The number of rotatable bonds is 5. The summed E-state index contributed by atoms with van der Waals surface area (Å²) in [5.74, 6) is 1.86. The number of esters is 1. The van der Waals surface area contributed by atoms with Crippen molar-refractivity contribution >= 4 is 5.97 Å². The van der Waals surface area contributed by atoms with Crippen molar-refractivity contribution in [2.75, 3.05) is 41.7 Å². The van der Waals surface area contributed by atoms with Gasteiger partial charge in [-0.2, -0.15) is 0 Å². The summed E-state index contributed by atoms with van der Waals surface area (Å²) in [6, 6.07) is 3.24. The Balaban J connectivity index is 1.73. The highest BCUT2D eigenvalue weighted by Crippen LogP contribution is 2.56. The Labute approximate surface area is 185 Å². The van der Waals surface area contributed by atoms with Crippen LogP contribution >= 0.6 is 0 Å². The Morgan fingerprint density at radius 3 is 2.53 bits per heavy atom. The van der Waals surface area contributed by atoms with Gasteiger partial charge in [-0.3, -0.25) is 4.90 Å². The fourth-order valence-corrected chi connectivity index (χ4v) is 5.09. The summed E-state index contributed by atoms with van der Waals surface area (Å²) in [5.41, 5.74) is 3.52. The molecule has 32 heavy (non-hydrogen) atoms. The zero-order valence-corrected chi connectivity index (χ0v) is 18.4. The van der Waals surface area contributed by atoms with Crippen molar-refractivity contribution in [2.45, 2.75) is 25.2 Å². The van der Waals surface area contributed by atoms with E-state index in [2.05, 4.69) is 4.90 Å². The SMILES string of the molecule is COc1ccc2c(c1OC)C(=O)O[C@@H]2[C@H]1c2c(c(CO)c3c(c2OC)OCO3)CCN1C. The van der Waals surface area contributed by atoms with Crippen LogP contribution in [0.2, 0.25) is 0 Å². The second-order valence-electron chi connectivity index (χ2n) is 7.89. The van der Waals surface area contributed by atoms with Crippen LogP contribution < -0.4 is 23.7 Å². The average Bonchev–Trinajstić information content (AvgIpc) is 3.41. The van der Waals surface area contributed by atoms with Gasteiger partial charge < -0.3 is 33.5 Å². The number of benzene rings is 2. The van der Waals surface area contributed by atoms with Crippen LogP contribution in [0.15, 0.2) is 12.1 Å². The minimum Gasteiger partial charge on any atom is -0.493 e. The summed E-state index contributed by atoms with van der Waals surface area (Å²) in [4.78, 5) is 15.1. The van der Waals surface area contributed by atoms with Crippen LogP contribution in [0, 0.1) is 0 Å². The molecule has 2 aromatic rings. The molecule has 0 radical (unpaired) electrons. The fourth-order valence-electron chi connectivity index (χ4n) is 5.09. The topological polar surface area (TPSA) is 95.9 Å². The van der Waals surface area contributed by atoms with Crippen LogP contribution in [-0.4, -0.2) is 57.7 Å². The molecule has 3 heterocycles. The molecule has 5 rings (SSSR count). The van der Waals surface area contributed by atoms with Crippen LogP contribution in [0.4, 0.5) is 0 Å². The highest BCUT2D eigenvalue weighted by molar-refractivity contribution is 5.98. The van der Waals surface area contributed by atoms with Crippen LogP contribution in [0.3, 0.4) is 0 Å². The van der Waals surface area contributed by atoms with Crippen molar-refractivity contribution in [3.8, 4) is 28.7 Å². The second kappa shape index (κ2) is 7.75. The van der Waals surface area contributed by atoms with Gasteiger partial charge in [0.2, 0.25) is 12.5 Å². The van der Waals surface area contributed by atoms with E-state index in [0.717, 1.165) is 11.1 Å². The molecule has 0 amide bonds. The summed E-state index contributed by atoms with van der Waals surface area (Å²) in [6.45, 7) is 0.561. The maximum absolute atomic E-state index is 13.0. The van der Waals surface area contributed by atoms with E-state index in [1.165, 1.54) is 14.2 Å². The quantitative estimate of drug-likeness (QED) is 0.699. The summed E-state index contributed by atoms with van der Waals surface area (Å²) in [7, 11) is 6.57. The van der Waals surface area contributed by atoms with Gasteiger partial charge in [-0.15, -0.1) is 0 Å². The molecule has 3 aliphatic rings. The first-order chi connectivity index (χ1) is 15.5. The van der Waals surface area contributed by atoms with E-state index < -0.39 is 12.1 Å². The average molecular weight is 443 g/mol. The van der Waals surface area contributed by atoms with Crippen molar-refractivity contribution in [1.29, 1.82) is 0 Å². The standard InChI is InChI=1S/C23H25NO8/c1-24-8-7-11-13(9-25)19-22(31-10-30-19)21(29-4)15(11)17(24)18-12-5-6-14(27-2)20(28-3)16(12)23(26)32-18/h5-6,17-18,25H,7-10H2,1-4H3/t17-,18+/m1/s1. The lowest BCUT2D eigenvalue weighted by molar-refractivity contribution is 0.00861. The smallest absolute Gasteiger partial charge is 0.343 e. The van der Waals surface area contributed by atoms with Crippen molar-refractivity contribution in [2.24, 2.45) is 0 Å². The van der Waals surface area contributed by atoms with Gasteiger partial charge in [0, 0.05) is 23.2 Å². The first kappa shape index (κ1) is 20.7. The molecule has 0 spiro atoms. The number of hydrogen-bond acceptors (Lipinski definition) is 9. The minimum absolute atomic E-state index is 0.0559. The molecule has 0 saturated heterocycles. The second-order valence-corrected chi connectivity index (χ2v) is 7.89. The number of ether oxygens (including phenoxy) is 6. The lowest BCUT2D eigenvalue weighted by atomic mass is 9.83. The Kier molecular flexibility index (Phi) is 5.02. The zero-order valence-electron chi connectivity index (χ0n) is 18.4. The van der Waals surface area contributed by atoms with Crippen LogP contribution in [0.1, 0.15) is 44.8 Å². The number of methoxy groups -OCH3 is 3. The number of carbonyl (C=O) groups excluding carboxylic acids is 1. The monoisotopic (exact) mass is 443 g/mol. The summed E-state index contributed by atoms with van der Waals surface area (Å²) in [6.07, 6.45) is 0.0761. The van der Waals surface area contributed by atoms with Gasteiger partial charge >= 0.3 is 5.97 Å². The molecule has 9 heteroatoms. The normalized spacial score (nSPS) is 21.1. The van der Waals surface area contributed by atoms with E-state index in [9.17, 15) is 9.90 Å². The van der Waals surface area contributed by atoms with Gasteiger partial charge in [0.1, 0.15) is 11.7 Å². The lowest BCUT2D eigenvalue weighted by Crippen LogP contribution is -2.37.